The molecule has 0 aromatic rings. The molecule has 64 valence electrons. The van der Waals surface area contributed by atoms with Crippen LogP contribution in [0.5, 0.6) is 0 Å². The molecule has 0 saturated carbocycles. The first kappa shape index (κ1) is 25.7. The number of hydrogen-bond acceptors (Lipinski definition) is 0. The van der Waals surface area contributed by atoms with Crippen LogP contribution >= 0.6 is 80.4 Å². The molecule has 0 N–H and O–H groups in total. The van der Waals surface area contributed by atoms with Crippen molar-refractivity contribution >= 4 is 99.2 Å². The monoisotopic (exact) mass is 364 g/mol. The molecule has 0 aliphatic carbocycles. The van der Waals surface area contributed by atoms with Gasteiger partial charge in [0.15, 0.2) is 0 Å². The maximum absolute atomic E-state index is 4.99. The van der Waals surface area contributed by atoms with Crippen molar-refractivity contribution in [3.05, 3.63) is 0 Å². The van der Waals surface area contributed by atoms with Crippen LogP contribution in [-0.2, 0) is 0 Å². The van der Waals surface area contributed by atoms with E-state index in [0.717, 1.165) is 0 Å². The van der Waals surface area contributed by atoms with Crippen molar-refractivity contribution in [1.82, 2.24) is 0 Å². The van der Waals surface area contributed by atoms with Gasteiger partial charge in [-0.25, -0.2) is 0 Å². The third-order valence-corrected chi connectivity index (χ3v) is 0. The Hall–Kier alpha value is 4.98. The number of halogens is 8. The van der Waals surface area contributed by atoms with Crippen LogP contribution in [0, 0.1) is 0 Å². The minimum absolute atomic E-state index is 0. The Morgan fingerprint density at radius 3 is 0.500 bits per heavy atom. The van der Waals surface area contributed by atoms with Gasteiger partial charge in [-0.1, -0.05) is 0 Å². The molecular formula is Al2Cl8LiNa. The van der Waals surface area contributed by atoms with Crippen molar-refractivity contribution in [2.75, 3.05) is 0 Å². The predicted octanol–water partition coefficient (Wildman–Crippen LogP) is -1.24. The largest absolute Gasteiger partial charge is 1.00 e. The summed E-state index contributed by atoms with van der Waals surface area (Å²) in [6, 6.07) is 0. The molecule has 0 aliphatic heterocycles. The van der Waals surface area contributed by atoms with Crippen LogP contribution in [0.15, 0.2) is 0 Å². The van der Waals surface area contributed by atoms with E-state index in [2.05, 4.69) is 0 Å². The van der Waals surface area contributed by atoms with Crippen molar-refractivity contribution in [2.45, 2.75) is 0 Å². The predicted molar refractivity (Wildman–Crippen MR) is 58.3 cm³/mol. The normalized spacial score (nSPS) is 10.0. The van der Waals surface area contributed by atoms with Crippen LogP contribution in [0.1, 0.15) is 0 Å². The minimum atomic E-state index is -2.94. The second kappa shape index (κ2) is 12.4. The van der Waals surface area contributed by atoms with Crippen LogP contribution < -0.4 is 48.4 Å². The quantitative estimate of drug-likeness (QED) is 0.470. The summed E-state index contributed by atoms with van der Waals surface area (Å²) in [6.45, 7) is 0. The smallest absolute Gasteiger partial charge is 0.391 e. The minimum Gasteiger partial charge on any atom is -0.391 e. The van der Waals surface area contributed by atoms with E-state index >= 15 is 0 Å². The fourth-order valence-electron chi connectivity index (χ4n) is 0. The molecule has 0 amide bonds. The Kier molecular flexibility index (Phi) is 26.7. The molecule has 12 heavy (non-hydrogen) atoms. The van der Waals surface area contributed by atoms with Crippen molar-refractivity contribution in [3.63, 3.8) is 0 Å². The second-order valence-corrected chi connectivity index (χ2v) is 26.7. The van der Waals surface area contributed by atoms with Gasteiger partial charge in [-0.2, -0.15) is 0 Å². The first-order valence-electron chi connectivity index (χ1n) is 1.75. The van der Waals surface area contributed by atoms with Crippen molar-refractivity contribution < 1.29 is 48.4 Å². The van der Waals surface area contributed by atoms with Gasteiger partial charge in [0, 0.05) is 0 Å². The summed E-state index contributed by atoms with van der Waals surface area (Å²) in [5.74, 6) is 0. The van der Waals surface area contributed by atoms with Crippen LogP contribution in [0.3, 0.4) is 0 Å². The third-order valence-electron chi connectivity index (χ3n) is 0. The zero-order valence-electron chi connectivity index (χ0n) is 6.18. The van der Waals surface area contributed by atoms with Gasteiger partial charge in [0.25, 0.3) is 0 Å². The van der Waals surface area contributed by atoms with Gasteiger partial charge < -0.3 is 80.4 Å². The molecule has 0 nitrogen and oxygen atoms in total. The third kappa shape index (κ3) is 118. The molecule has 0 radical (unpaired) electrons. The molecule has 0 heterocycles. The van der Waals surface area contributed by atoms with Crippen molar-refractivity contribution in [1.29, 1.82) is 0 Å². The summed E-state index contributed by atoms with van der Waals surface area (Å²) in [6.07, 6.45) is 0. The summed E-state index contributed by atoms with van der Waals surface area (Å²) in [4.78, 5) is 0. The summed E-state index contributed by atoms with van der Waals surface area (Å²) >= 11 is 0. The fourth-order valence-corrected chi connectivity index (χ4v) is 0. The molecule has 0 unspecified atom stereocenters. The molecule has 0 aromatic heterocycles. The Bertz CT molecular complexity index is 60.0. The van der Waals surface area contributed by atoms with Gasteiger partial charge >= 0.3 is 67.2 Å². The molecule has 0 rings (SSSR count). The van der Waals surface area contributed by atoms with E-state index in [1.54, 1.807) is 0 Å². The molecule has 0 atom stereocenters. The number of hydrogen-bond donors (Lipinski definition) is 0. The average molecular weight is 368 g/mol. The molecule has 0 bridgehead atoms. The molecule has 0 fully saturated rings. The van der Waals surface area contributed by atoms with E-state index in [1.807, 2.05) is 0 Å². The zero-order valence-corrected chi connectivity index (χ0v) is 16.5. The molecule has 0 saturated heterocycles. The van der Waals surface area contributed by atoms with Crippen LogP contribution in [0.2, 0.25) is 0 Å². The standard InChI is InChI=1S/2Al.8ClH.Li.Na/h;;8*1H;;/q2*+3;;;;;;;;;2*+1/p-8. The van der Waals surface area contributed by atoms with E-state index < -0.39 is 18.8 Å². The Morgan fingerprint density at radius 2 is 0.500 bits per heavy atom. The molecular weight excluding hydrogens is 368 g/mol. The van der Waals surface area contributed by atoms with Crippen LogP contribution in [0.25, 0.3) is 0 Å². The Morgan fingerprint density at radius 1 is 0.500 bits per heavy atom. The van der Waals surface area contributed by atoms with E-state index in [9.17, 15) is 0 Å². The topological polar surface area (TPSA) is 0 Å². The Labute approximate surface area is 144 Å². The fraction of sp³-hybridized carbons (Fsp3) is 0. The number of rotatable bonds is 0. The van der Waals surface area contributed by atoms with Crippen molar-refractivity contribution in [2.24, 2.45) is 0 Å². The van der Waals surface area contributed by atoms with Gasteiger partial charge in [-0.3, -0.25) is 0 Å². The van der Waals surface area contributed by atoms with Gasteiger partial charge in [-0.05, 0) is 0 Å². The van der Waals surface area contributed by atoms with E-state index in [-0.39, 0.29) is 48.4 Å². The zero-order chi connectivity index (χ0) is 9.00. The second-order valence-electron chi connectivity index (χ2n) is 0.990. The maximum Gasteiger partial charge on any atom is 1.00 e. The SMILES string of the molecule is [Cl][Al-]([Cl])([Cl])[Cl].[Cl][Al-]([Cl])([Cl])[Cl].[Li+].[Na+]. The first-order valence-corrected chi connectivity index (χ1v) is 15.7. The van der Waals surface area contributed by atoms with Gasteiger partial charge in [0.05, 0.1) is 0 Å². The van der Waals surface area contributed by atoms with Gasteiger partial charge in [-0.15, -0.1) is 0 Å². The van der Waals surface area contributed by atoms with E-state index in [1.165, 1.54) is 0 Å². The van der Waals surface area contributed by atoms with Crippen LogP contribution in [0.4, 0.5) is 0 Å². The molecule has 12 heteroatoms. The van der Waals surface area contributed by atoms with E-state index in [0.29, 0.717) is 0 Å². The molecule has 0 aromatic carbocycles. The summed E-state index contributed by atoms with van der Waals surface area (Å²) in [7, 11) is 34.1. The summed E-state index contributed by atoms with van der Waals surface area (Å²) in [5.41, 5.74) is 0. The Balaban J connectivity index is -0.0000000457. The van der Waals surface area contributed by atoms with Gasteiger partial charge in [0.1, 0.15) is 0 Å². The van der Waals surface area contributed by atoms with Crippen LogP contribution in [-0.4, -0.2) is 18.8 Å². The summed E-state index contributed by atoms with van der Waals surface area (Å²) < 4.78 is 0. The van der Waals surface area contributed by atoms with Crippen molar-refractivity contribution in [3.8, 4) is 0 Å². The average Bonchev–Trinajstić information content (AvgIpc) is 1.12. The van der Waals surface area contributed by atoms with Gasteiger partial charge in [0.2, 0.25) is 0 Å². The van der Waals surface area contributed by atoms with E-state index in [4.69, 9.17) is 80.4 Å². The first-order chi connectivity index (χ1) is 4.00. The molecule has 0 spiro atoms. The molecule has 0 aliphatic rings. The summed E-state index contributed by atoms with van der Waals surface area (Å²) in [5, 5.41) is 0. The maximum atomic E-state index is 4.99.